The van der Waals surface area contributed by atoms with Gasteiger partial charge in [-0.2, -0.15) is 0 Å². The molecule has 21 heavy (non-hydrogen) atoms. The number of amides is 3. The molecule has 112 valence electrons. The van der Waals surface area contributed by atoms with Crippen LogP contribution in [-0.2, 0) is 4.79 Å². The van der Waals surface area contributed by atoms with Gasteiger partial charge in [0.1, 0.15) is 0 Å². The van der Waals surface area contributed by atoms with Crippen molar-refractivity contribution in [2.75, 3.05) is 36.4 Å². The summed E-state index contributed by atoms with van der Waals surface area (Å²) in [5.74, 6) is 0.437. The lowest BCUT2D eigenvalue weighted by Crippen LogP contribution is -2.48. The molecule has 1 unspecified atom stereocenters. The van der Waals surface area contributed by atoms with E-state index in [0.717, 1.165) is 24.5 Å². The molecule has 1 aromatic carbocycles. The molecular formula is C15H20N4O2. The highest BCUT2D eigenvalue weighted by atomic mass is 16.2. The van der Waals surface area contributed by atoms with E-state index in [1.807, 2.05) is 31.2 Å². The van der Waals surface area contributed by atoms with Crippen LogP contribution in [0.3, 0.4) is 0 Å². The zero-order valence-corrected chi connectivity index (χ0v) is 12.1. The van der Waals surface area contributed by atoms with Crippen molar-refractivity contribution >= 4 is 23.3 Å². The Morgan fingerprint density at radius 3 is 2.86 bits per heavy atom. The molecule has 2 aliphatic rings. The summed E-state index contributed by atoms with van der Waals surface area (Å²) in [6, 6.07) is 7.33. The number of benzene rings is 1. The molecule has 2 aliphatic heterocycles. The maximum absolute atomic E-state index is 12.2. The van der Waals surface area contributed by atoms with E-state index in [2.05, 4.69) is 16.0 Å². The molecule has 6 heteroatoms. The lowest BCUT2D eigenvalue weighted by molar-refractivity contribution is -0.121. The lowest BCUT2D eigenvalue weighted by atomic mass is 9.88. The molecule has 2 fully saturated rings. The van der Waals surface area contributed by atoms with Gasteiger partial charge in [0.05, 0.1) is 0 Å². The summed E-state index contributed by atoms with van der Waals surface area (Å²) < 4.78 is 0. The topological polar surface area (TPSA) is 73.5 Å². The van der Waals surface area contributed by atoms with Crippen LogP contribution < -0.4 is 20.9 Å². The zero-order chi connectivity index (χ0) is 14.8. The van der Waals surface area contributed by atoms with Gasteiger partial charge in [0.25, 0.3) is 0 Å². The van der Waals surface area contributed by atoms with E-state index in [4.69, 9.17) is 0 Å². The number of hydrogen-bond acceptors (Lipinski definition) is 3. The predicted octanol–water partition coefficient (Wildman–Crippen LogP) is 1.01. The molecular weight excluding hydrogens is 268 g/mol. The van der Waals surface area contributed by atoms with Crippen LogP contribution >= 0.6 is 0 Å². The average molecular weight is 288 g/mol. The number of anilines is 2. The van der Waals surface area contributed by atoms with Gasteiger partial charge in [-0.3, -0.25) is 9.69 Å². The first-order chi connectivity index (χ1) is 10.1. The van der Waals surface area contributed by atoms with Gasteiger partial charge < -0.3 is 16.0 Å². The fourth-order valence-corrected chi connectivity index (χ4v) is 2.60. The Hall–Kier alpha value is -2.08. The van der Waals surface area contributed by atoms with Crippen molar-refractivity contribution in [2.45, 2.75) is 6.92 Å². The molecule has 2 heterocycles. The van der Waals surface area contributed by atoms with Crippen LogP contribution in [0.5, 0.6) is 0 Å². The molecule has 1 atom stereocenters. The minimum Gasteiger partial charge on any atom is -0.336 e. The van der Waals surface area contributed by atoms with Gasteiger partial charge in [0.2, 0.25) is 5.91 Å². The van der Waals surface area contributed by atoms with Crippen LogP contribution in [0, 0.1) is 11.8 Å². The van der Waals surface area contributed by atoms with E-state index < -0.39 is 0 Å². The number of urea groups is 1. The first-order valence-corrected chi connectivity index (χ1v) is 7.32. The number of hydrogen-bond donors (Lipinski definition) is 3. The Morgan fingerprint density at radius 2 is 2.24 bits per heavy atom. The Bertz CT molecular complexity index is 556. The summed E-state index contributed by atoms with van der Waals surface area (Å²) in [4.78, 5) is 25.6. The number of nitrogens with one attached hydrogen (secondary N) is 3. The zero-order valence-electron chi connectivity index (χ0n) is 12.1. The van der Waals surface area contributed by atoms with Crippen molar-refractivity contribution in [3.8, 4) is 0 Å². The number of carbonyl (C=O) groups is 2. The molecule has 6 nitrogen and oxygen atoms in total. The van der Waals surface area contributed by atoms with Gasteiger partial charge in [-0.05, 0) is 37.2 Å². The maximum atomic E-state index is 12.2. The van der Waals surface area contributed by atoms with Gasteiger partial charge in [0, 0.05) is 30.4 Å². The minimum atomic E-state index is -0.0904. The molecule has 0 spiro atoms. The lowest BCUT2D eigenvalue weighted by Gasteiger charge is -2.31. The van der Waals surface area contributed by atoms with Crippen molar-refractivity contribution in [3.63, 3.8) is 0 Å². The van der Waals surface area contributed by atoms with E-state index in [1.54, 1.807) is 4.90 Å². The van der Waals surface area contributed by atoms with Crippen LogP contribution in [0.1, 0.15) is 6.92 Å². The van der Waals surface area contributed by atoms with E-state index in [9.17, 15) is 9.59 Å². The van der Waals surface area contributed by atoms with Gasteiger partial charge in [-0.25, -0.2) is 4.79 Å². The normalized spacial score (nSPS) is 19.9. The first kappa shape index (κ1) is 13.9. The molecule has 3 N–H and O–H groups in total. The monoisotopic (exact) mass is 288 g/mol. The van der Waals surface area contributed by atoms with E-state index in [0.29, 0.717) is 19.0 Å². The van der Waals surface area contributed by atoms with Crippen LogP contribution in [0.4, 0.5) is 16.2 Å². The SMILES string of the molecule is CC(C(=O)Nc1cccc(N2CCNC2=O)c1)C1CNC1. The van der Waals surface area contributed by atoms with Gasteiger partial charge in [0.15, 0.2) is 0 Å². The van der Waals surface area contributed by atoms with Crippen molar-refractivity contribution in [1.82, 2.24) is 10.6 Å². The van der Waals surface area contributed by atoms with Crippen LogP contribution in [0.15, 0.2) is 24.3 Å². The highest BCUT2D eigenvalue weighted by Gasteiger charge is 2.29. The fourth-order valence-electron chi connectivity index (χ4n) is 2.60. The number of nitrogens with zero attached hydrogens (tertiary/aromatic N) is 1. The smallest absolute Gasteiger partial charge is 0.321 e. The Morgan fingerprint density at radius 1 is 1.43 bits per heavy atom. The average Bonchev–Trinajstić information content (AvgIpc) is 2.83. The third kappa shape index (κ3) is 2.85. The quantitative estimate of drug-likeness (QED) is 0.774. The molecule has 3 amide bonds. The Balaban J connectivity index is 1.68. The second-order valence-corrected chi connectivity index (χ2v) is 5.63. The third-order valence-electron chi connectivity index (χ3n) is 4.22. The standard InChI is InChI=1S/C15H20N4O2/c1-10(11-8-16-9-11)14(20)18-12-3-2-4-13(7-12)19-6-5-17-15(19)21/h2-4,7,10-11,16H,5-6,8-9H2,1H3,(H,17,21)(H,18,20). The first-order valence-electron chi connectivity index (χ1n) is 7.32. The van der Waals surface area contributed by atoms with E-state index >= 15 is 0 Å². The van der Waals surface area contributed by atoms with E-state index in [-0.39, 0.29) is 17.9 Å². The second-order valence-electron chi connectivity index (χ2n) is 5.63. The largest absolute Gasteiger partial charge is 0.336 e. The highest BCUT2D eigenvalue weighted by Crippen LogP contribution is 2.23. The molecule has 0 aromatic heterocycles. The molecule has 3 rings (SSSR count). The van der Waals surface area contributed by atoms with Gasteiger partial charge in [-0.15, -0.1) is 0 Å². The van der Waals surface area contributed by atoms with Gasteiger partial charge in [-0.1, -0.05) is 13.0 Å². The van der Waals surface area contributed by atoms with Gasteiger partial charge >= 0.3 is 6.03 Å². The van der Waals surface area contributed by atoms with Crippen molar-refractivity contribution in [2.24, 2.45) is 11.8 Å². The predicted molar refractivity (Wildman–Crippen MR) is 81.3 cm³/mol. The Kier molecular flexibility index (Phi) is 3.79. The summed E-state index contributed by atoms with van der Waals surface area (Å²) in [5, 5.41) is 8.89. The summed E-state index contributed by atoms with van der Waals surface area (Å²) in [6.07, 6.45) is 0. The fraction of sp³-hybridized carbons (Fsp3) is 0.467. The molecule has 1 aromatic rings. The van der Waals surface area contributed by atoms with Crippen molar-refractivity contribution in [1.29, 1.82) is 0 Å². The number of carbonyl (C=O) groups excluding carboxylic acids is 2. The molecule has 0 bridgehead atoms. The summed E-state index contributed by atoms with van der Waals surface area (Å²) in [5.41, 5.74) is 1.54. The molecule has 0 saturated carbocycles. The van der Waals surface area contributed by atoms with Crippen LogP contribution in [-0.4, -0.2) is 38.1 Å². The summed E-state index contributed by atoms with van der Waals surface area (Å²) in [7, 11) is 0. The van der Waals surface area contributed by atoms with Crippen molar-refractivity contribution in [3.05, 3.63) is 24.3 Å². The molecule has 0 radical (unpaired) electrons. The highest BCUT2D eigenvalue weighted by molar-refractivity contribution is 5.96. The summed E-state index contributed by atoms with van der Waals surface area (Å²) in [6.45, 7) is 5.07. The van der Waals surface area contributed by atoms with E-state index in [1.165, 1.54) is 0 Å². The van der Waals surface area contributed by atoms with Crippen LogP contribution in [0.25, 0.3) is 0 Å². The maximum Gasteiger partial charge on any atom is 0.321 e. The second kappa shape index (κ2) is 5.73. The third-order valence-corrected chi connectivity index (χ3v) is 4.22. The van der Waals surface area contributed by atoms with Crippen LogP contribution in [0.2, 0.25) is 0 Å². The molecule has 0 aliphatic carbocycles. The minimum absolute atomic E-state index is 0.00927. The summed E-state index contributed by atoms with van der Waals surface area (Å²) >= 11 is 0. The number of rotatable bonds is 4. The van der Waals surface area contributed by atoms with Crippen molar-refractivity contribution < 1.29 is 9.59 Å². The molecule has 2 saturated heterocycles. The Labute approximate surface area is 123 Å².